The van der Waals surface area contributed by atoms with Gasteiger partial charge in [-0.05, 0) is 12.3 Å². The molecule has 0 aliphatic carbocycles. The highest BCUT2D eigenvalue weighted by molar-refractivity contribution is 5.85. The van der Waals surface area contributed by atoms with E-state index in [1.165, 1.54) is 0 Å². The molecule has 4 heteroatoms. The summed E-state index contributed by atoms with van der Waals surface area (Å²) in [6, 6.07) is 0. The maximum absolute atomic E-state index is 10.6. The van der Waals surface area contributed by atoms with E-state index in [9.17, 15) is 4.79 Å². The smallest absolute Gasteiger partial charge is 0.356 e. The van der Waals surface area contributed by atoms with Crippen LogP contribution < -0.4 is 0 Å². The van der Waals surface area contributed by atoms with E-state index >= 15 is 0 Å². The fraction of sp³-hybridized carbons (Fsp3) is 0.556. The summed E-state index contributed by atoms with van der Waals surface area (Å²) < 4.78 is 1.95. The van der Waals surface area contributed by atoms with E-state index in [1.807, 2.05) is 4.57 Å². The third-order valence-corrected chi connectivity index (χ3v) is 2.47. The second-order valence-corrected chi connectivity index (χ2v) is 3.64. The molecule has 4 nitrogen and oxygen atoms in total. The predicted molar refractivity (Wildman–Crippen MR) is 46.7 cm³/mol. The predicted octanol–water partition coefficient (Wildman–Crippen LogP) is 1.16. The second-order valence-electron chi connectivity index (χ2n) is 3.64. The monoisotopic (exact) mass is 180 g/mol. The first-order valence-corrected chi connectivity index (χ1v) is 4.46. The van der Waals surface area contributed by atoms with Gasteiger partial charge in [0, 0.05) is 19.2 Å². The molecule has 2 heterocycles. The molecule has 0 spiro atoms. The molecule has 1 aromatic rings. The summed E-state index contributed by atoms with van der Waals surface area (Å²) in [7, 11) is 0. The molecule has 0 radical (unpaired) electrons. The van der Waals surface area contributed by atoms with Crippen molar-refractivity contribution in [1.29, 1.82) is 0 Å². The van der Waals surface area contributed by atoms with E-state index in [1.54, 1.807) is 6.20 Å². The summed E-state index contributed by atoms with van der Waals surface area (Å²) in [5.41, 5.74) is 0.170. The van der Waals surface area contributed by atoms with E-state index < -0.39 is 5.97 Å². The van der Waals surface area contributed by atoms with Crippen molar-refractivity contribution in [1.82, 2.24) is 9.55 Å². The zero-order chi connectivity index (χ0) is 9.42. The van der Waals surface area contributed by atoms with Gasteiger partial charge in [-0.2, -0.15) is 0 Å². The molecule has 0 bridgehead atoms. The van der Waals surface area contributed by atoms with Crippen LogP contribution in [0.2, 0.25) is 0 Å². The molecule has 0 aromatic carbocycles. The molecule has 2 rings (SSSR count). The molecule has 0 fully saturated rings. The summed E-state index contributed by atoms with van der Waals surface area (Å²) in [6.45, 7) is 3.06. The minimum Gasteiger partial charge on any atom is -0.476 e. The van der Waals surface area contributed by atoms with Crippen molar-refractivity contribution in [3.05, 3.63) is 17.7 Å². The van der Waals surface area contributed by atoms with Crippen molar-refractivity contribution < 1.29 is 9.90 Å². The van der Waals surface area contributed by atoms with Gasteiger partial charge in [0.25, 0.3) is 0 Å². The molecule has 1 aliphatic rings. The largest absolute Gasteiger partial charge is 0.476 e. The Bertz CT molecular complexity index is 343. The van der Waals surface area contributed by atoms with Crippen LogP contribution in [0.3, 0.4) is 0 Å². The Morgan fingerprint density at radius 2 is 2.54 bits per heavy atom. The molecule has 1 aromatic heterocycles. The van der Waals surface area contributed by atoms with Gasteiger partial charge in [-0.1, -0.05) is 6.92 Å². The average molecular weight is 180 g/mol. The lowest BCUT2D eigenvalue weighted by Gasteiger charge is -2.18. The van der Waals surface area contributed by atoms with E-state index in [2.05, 4.69) is 11.9 Å². The van der Waals surface area contributed by atoms with Gasteiger partial charge >= 0.3 is 5.97 Å². The number of aromatic nitrogens is 2. The second kappa shape index (κ2) is 2.87. The third-order valence-electron chi connectivity index (χ3n) is 2.47. The number of imidazole rings is 1. The number of hydrogen-bond acceptors (Lipinski definition) is 2. The number of carbonyl (C=O) groups is 1. The van der Waals surface area contributed by atoms with Gasteiger partial charge in [-0.25, -0.2) is 9.78 Å². The van der Waals surface area contributed by atoms with Crippen LogP contribution >= 0.6 is 0 Å². The van der Waals surface area contributed by atoms with Gasteiger partial charge in [0.15, 0.2) is 5.69 Å². The number of carboxylic acid groups (broad SMARTS) is 1. The van der Waals surface area contributed by atoms with Crippen LogP contribution in [0.4, 0.5) is 0 Å². The van der Waals surface area contributed by atoms with Crippen molar-refractivity contribution in [3.63, 3.8) is 0 Å². The Morgan fingerprint density at radius 1 is 1.77 bits per heavy atom. The van der Waals surface area contributed by atoms with Crippen molar-refractivity contribution in [3.8, 4) is 0 Å². The fourth-order valence-corrected chi connectivity index (χ4v) is 1.69. The normalized spacial score (nSPS) is 21.2. The minimum atomic E-state index is -0.936. The summed E-state index contributed by atoms with van der Waals surface area (Å²) in [5, 5.41) is 8.72. The van der Waals surface area contributed by atoms with Crippen LogP contribution in [0, 0.1) is 5.92 Å². The Labute approximate surface area is 76.2 Å². The van der Waals surface area contributed by atoms with E-state index in [0.717, 1.165) is 25.2 Å². The minimum absolute atomic E-state index is 0.170. The fourth-order valence-electron chi connectivity index (χ4n) is 1.69. The van der Waals surface area contributed by atoms with Crippen LogP contribution in [-0.4, -0.2) is 20.6 Å². The number of rotatable bonds is 1. The van der Waals surface area contributed by atoms with Gasteiger partial charge in [0.05, 0.1) is 0 Å². The molecule has 0 amide bonds. The Balaban J connectivity index is 2.33. The summed E-state index contributed by atoms with van der Waals surface area (Å²) in [4.78, 5) is 14.7. The molecule has 0 saturated carbocycles. The molecule has 1 aliphatic heterocycles. The van der Waals surface area contributed by atoms with Gasteiger partial charge in [0.1, 0.15) is 5.82 Å². The maximum atomic E-state index is 10.6. The standard InChI is InChI=1S/C9H12N2O2/c1-6-2-3-11-5-7(9(12)13)10-8(11)4-6/h5-6H,2-4H2,1H3,(H,12,13)/t6-/m0/s1. The van der Waals surface area contributed by atoms with Crippen LogP contribution in [0.25, 0.3) is 0 Å². The molecule has 0 unspecified atom stereocenters. The van der Waals surface area contributed by atoms with Gasteiger partial charge < -0.3 is 9.67 Å². The third kappa shape index (κ3) is 1.43. The number of carboxylic acids is 1. The van der Waals surface area contributed by atoms with Crippen molar-refractivity contribution in [2.75, 3.05) is 0 Å². The van der Waals surface area contributed by atoms with Gasteiger partial charge in [-0.15, -0.1) is 0 Å². The number of hydrogen-bond donors (Lipinski definition) is 1. The molecule has 70 valence electrons. The van der Waals surface area contributed by atoms with E-state index in [-0.39, 0.29) is 5.69 Å². The molecule has 13 heavy (non-hydrogen) atoms. The summed E-state index contributed by atoms with van der Waals surface area (Å²) >= 11 is 0. The number of fused-ring (bicyclic) bond motifs is 1. The zero-order valence-electron chi connectivity index (χ0n) is 7.53. The highest BCUT2D eigenvalue weighted by Gasteiger charge is 2.19. The van der Waals surface area contributed by atoms with Gasteiger partial charge in [-0.3, -0.25) is 0 Å². The molecule has 1 N–H and O–H groups in total. The van der Waals surface area contributed by atoms with E-state index in [4.69, 9.17) is 5.11 Å². The van der Waals surface area contributed by atoms with Crippen molar-refractivity contribution in [2.45, 2.75) is 26.3 Å². The highest BCUT2D eigenvalue weighted by Crippen LogP contribution is 2.19. The lowest BCUT2D eigenvalue weighted by atomic mass is 10.0. The first-order chi connectivity index (χ1) is 6.16. The Hall–Kier alpha value is -1.32. The molecule has 0 saturated heterocycles. The zero-order valence-corrected chi connectivity index (χ0v) is 7.53. The highest BCUT2D eigenvalue weighted by atomic mass is 16.4. The number of aromatic carboxylic acids is 1. The van der Waals surface area contributed by atoms with Crippen LogP contribution in [0.1, 0.15) is 29.7 Å². The lowest BCUT2D eigenvalue weighted by molar-refractivity contribution is 0.0691. The topological polar surface area (TPSA) is 55.1 Å². The van der Waals surface area contributed by atoms with Gasteiger partial charge in [0.2, 0.25) is 0 Å². The number of nitrogens with zero attached hydrogens (tertiary/aromatic N) is 2. The first kappa shape index (κ1) is 8.29. The van der Waals surface area contributed by atoms with E-state index in [0.29, 0.717) is 5.92 Å². The molecular formula is C9H12N2O2. The maximum Gasteiger partial charge on any atom is 0.356 e. The quantitative estimate of drug-likeness (QED) is 0.705. The number of aryl methyl sites for hydroxylation is 1. The Morgan fingerprint density at radius 3 is 3.23 bits per heavy atom. The Kier molecular flexibility index (Phi) is 1.83. The molecule has 1 atom stereocenters. The van der Waals surface area contributed by atoms with Crippen LogP contribution in [0.5, 0.6) is 0 Å². The summed E-state index contributed by atoms with van der Waals surface area (Å²) in [5.74, 6) is 0.599. The molecular weight excluding hydrogens is 168 g/mol. The van der Waals surface area contributed by atoms with Crippen molar-refractivity contribution in [2.24, 2.45) is 5.92 Å². The average Bonchev–Trinajstić information content (AvgIpc) is 2.46. The van der Waals surface area contributed by atoms with Crippen LogP contribution in [0.15, 0.2) is 6.20 Å². The SMILES string of the molecule is C[C@H]1CCn2cc(C(=O)O)nc2C1. The summed E-state index contributed by atoms with van der Waals surface area (Å²) in [6.07, 6.45) is 3.64. The van der Waals surface area contributed by atoms with Crippen molar-refractivity contribution >= 4 is 5.97 Å². The lowest BCUT2D eigenvalue weighted by Crippen LogP contribution is -2.16. The van der Waals surface area contributed by atoms with Crippen LogP contribution in [-0.2, 0) is 13.0 Å². The first-order valence-electron chi connectivity index (χ1n) is 4.46.